The van der Waals surface area contributed by atoms with Crippen LogP contribution in [0, 0.1) is 5.92 Å². The van der Waals surface area contributed by atoms with Crippen molar-refractivity contribution < 1.29 is 9.53 Å². The molecule has 0 saturated heterocycles. The van der Waals surface area contributed by atoms with E-state index in [0.717, 1.165) is 0 Å². The summed E-state index contributed by atoms with van der Waals surface area (Å²) in [5, 5.41) is 5.54. The second kappa shape index (κ2) is 7.37. The summed E-state index contributed by atoms with van der Waals surface area (Å²) in [7, 11) is 0. The van der Waals surface area contributed by atoms with Crippen LogP contribution in [0.3, 0.4) is 0 Å². The predicted octanol–water partition coefficient (Wildman–Crippen LogP) is 3.03. The molecule has 0 bridgehead atoms. The topological polar surface area (TPSA) is 50.4 Å². The summed E-state index contributed by atoms with van der Waals surface area (Å²) in [4.78, 5) is 11.6. The number of carbonyl (C=O) groups is 1. The lowest BCUT2D eigenvalue weighted by molar-refractivity contribution is 0.251. The molecule has 0 aromatic heterocycles. The molecule has 0 atom stereocenters. The van der Waals surface area contributed by atoms with E-state index < -0.39 is 0 Å². The summed E-state index contributed by atoms with van der Waals surface area (Å²) in [5.41, 5.74) is 0.706. The van der Waals surface area contributed by atoms with Crippen LogP contribution in [-0.2, 0) is 0 Å². The Labute approximate surface area is 108 Å². The maximum absolute atomic E-state index is 11.6. The van der Waals surface area contributed by atoms with Crippen LogP contribution in [0.15, 0.2) is 36.9 Å². The zero-order chi connectivity index (χ0) is 13.4. The van der Waals surface area contributed by atoms with Gasteiger partial charge in [-0.3, -0.25) is 0 Å². The third kappa shape index (κ3) is 5.39. The van der Waals surface area contributed by atoms with E-state index in [0.29, 0.717) is 30.5 Å². The lowest BCUT2D eigenvalue weighted by atomic mass is 10.2. The number of rotatable bonds is 6. The number of benzene rings is 1. The number of nitrogens with one attached hydrogen (secondary N) is 2. The first-order chi connectivity index (χ1) is 8.61. The number of ether oxygens (including phenoxy) is 1. The fourth-order valence-electron chi connectivity index (χ4n) is 1.29. The summed E-state index contributed by atoms with van der Waals surface area (Å²) < 4.78 is 5.39. The monoisotopic (exact) mass is 248 g/mol. The van der Waals surface area contributed by atoms with Gasteiger partial charge in [0.15, 0.2) is 0 Å². The number of anilines is 1. The van der Waals surface area contributed by atoms with Crippen molar-refractivity contribution in [3.8, 4) is 5.75 Å². The molecule has 0 spiro atoms. The van der Waals surface area contributed by atoms with Crippen LogP contribution < -0.4 is 15.4 Å². The van der Waals surface area contributed by atoms with Crippen LogP contribution in [0.4, 0.5) is 10.5 Å². The molecule has 2 N–H and O–H groups in total. The number of hydrogen-bond acceptors (Lipinski definition) is 2. The molecule has 0 aliphatic rings. The van der Waals surface area contributed by atoms with Gasteiger partial charge in [0, 0.05) is 18.3 Å². The Bertz CT molecular complexity index is 403. The summed E-state index contributed by atoms with van der Waals surface area (Å²) in [6.07, 6.45) is 1.68. The number of urea groups is 1. The van der Waals surface area contributed by atoms with E-state index >= 15 is 0 Å². The van der Waals surface area contributed by atoms with Gasteiger partial charge in [0.1, 0.15) is 12.4 Å². The Kier molecular flexibility index (Phi) is 5.77. The Morgan fingerprint density at radius 1 is 1.50 bits per heavy atom. The largest absolute Gasteiger partial charge is 0.489 e. The average molecular weight is 248 g/mol. The second-order valence-electron chi connectivity index (χ2n) is 4.36. The number of hydrogen-bond donors (Lipinski definition) is 2. The first-order valence-corrected chi connectivity index (χ1v) is 6.00. The van der Waals surface area contributed by atoms with Crippen LogP contribution in [0.5, 0.6) is 5.75 Å². The van der Waals surface area contributed by atoms with E-state index in [1.165, 1.54) is 0 Å². The molecule has 0 saturated carbocycles. The second-order valence-corrected chi connectivity index (χ2v) is 4.36. The molecule has 2 amide bonds. The summed E-state index contributed by atoms with van der Waals surface area (Å²) in [5.74, 6) is 1.13. The van der Waals surface area contributed by atoms with E-state index in [1.807, 2.05) is 32.0 Å². The fraction of sp³-hybridized carbons (Fsp3) is 0.357. The first kappa shape index (κ1) is 14.1. The van der Waals surface area contributed by atoms with E-state index in [2.05, 4.69) is 17.2 Å². The Balaban J connectivity index is 2.50. The molecule has 0 fully saturated rings. The smallest absolute Gasteiger partial charge is 0.319 e. The van der Waals surface area contributed by atoms with Crippen molar-refractivity contribution in [2.45, 2.75) is 13.8 Å². The highest BCUT2D eigenvalue weighted by molar-refractivity contribution is 5.89. The molecule has 1 aromatic rings. The standard InChI is InChI=1S/C14H20N2O2/c1-4-8-18-13-7-5-6-12(9-13)16-14(17)15-10-11(2)3/h4-7,9,11H,1,8,10H2,2-3H3,(H2,15,16,17). The Morgan fingerprint density at radius 2 is 2.28 bits per heavy atom. The van der Waals surface area contributed by atoms with Gasteiger partial charge in [0.05, 0.1) is 0 Å². The van der Waals surface area contributed by atoms with Gasteiger partial charge in [-0.2, -0.15) is 0 Å². The molecular weight excluding hydrogens is 228 g/mol. The predicted molar refractivity (Wildman–Crippen MR) is 74.0 cm³/mol. The fourth-order valence-corrected chi connectivity index (χ4v) is 1.29. The Hall–Kier alpha value is -1.97. The van der Waals surface area contributed by atoms with Crippen molar-refractivity contribution in [2.75, 3.05) is 18.5 Å². The van der Waals surface area contributed by atoms with Crippen molar-refractivity contribution in [1.82, 2.24) is 5.32 Å². The van der Waals surface area contributed by atoms with Gasteiger partial charge >= 0.3 is 6.03 Å². The first-order valence-electron chi connectivity index (χ1n) is 6.00. The zero-order valence-corrected chi connectivity index (χ0v) is 10.9. The molecule has 0 aliphatic heterocycles. The molecule has 1 rings (SSSR count). The summed E-state index contributed by atoms with van der Waals surface area (Å²) in [6, 6.07) is 7.05. The van der Waals surface area contributed by atoms with Gasteiger partial charge < -0.3 is 15.4 Å². The van der Waals surface area contributed by atoms with E-state index in [4.69, 9.17) is 4.74 Å². The lowest BCUT2D eigenvalue weighted by Gasteiger charge is -2.10. The van der Waals surface area contributed by atoms with Gasteiger partial charge in [-0.25, -0.2) is 4.79 Å². The van der Waals surface area contributed by atoms with Gasteiger partial charge in [-0.15, -0.1) is 0 Å². The van der Waals surface area contributed by atoms with Crippen LogP contribution in [0.1, 0.15) is 13.8 Å². The molecule has 0 aliphatic carbocycles. The van der Waals surface area contributed by atoms with Crippen LogP contribution in [0.25, 0.3) is 0 Å². The minimum absolute atomic E-state index is 0.204. The maximum atomic E-state index is 11.6. The van der Waals surface area contributed by atoms with Crippen LogP contribution in [0.2, 0.25) is 0 Å². The lowest BCUT2D eigenvalue weighted by Crippen LogP contribution is -2.31. The van der Waals surface area contributed by atoms with E-state index in [9.17, 15) is 4.79 Å². The van der Waals surface area contributed by atoms with Crippen molar-refractivity contribution in [1.29, 1.82) is 0 Å². The highest BCUT2D eigenvalue weighted by Crippen LogP contribution is 2.17. The SMILES string of the molecule is C=CCOc1cccc(NC(=O)NCC(C)C)c1. The highest BCUT2D eigenvalue weighted by atomic mass is 16.5. The Morgan fingerprint density at radius 3 is 2.94 bits per heavy atom. The normalized spacial score (nSPS) is 9.94. The molecule has 0 radical (unpaired) electrons. The van der Waals surface area contributed by atoms with Crippen molar-refractivity contribution in [2.24, 2.45) is 5.92 Å². The number of amides is 2. The van der Waals surface area contributed by atoms with Gasteiger partial charge in [-0.05, 0) is 18.1 Å². The van der Waals surface area contributed by atoms with Crippen molar-refractivity contribution in [3.05, 3.63) is 36.9 Å². The minimum Gasteiger partial charge on any atom is -0.489 e. The molecular formula is C14H20N2O2. The quantitative estimate of drug-likeness (QED) is 0.760. The molecule has 98 valence electrons. The van der Waals surface area contributed by atoms with Crippen molar-refractivity contribution >= 4 is 11.7 Å². The van der Waals surface area contributed by atoms with Crippen LogP contribution in [-0.4, -0.2) is 19.2 Å². The molecule has 4 heteroatoms. The molecule has 0 heterocycles. The average Bonchev–Trinajstić information content (AvgIpc) is 2.34. The molecule has 1 aromatic carbocycles. The molecule has 18 heavy (non-hydrogen) atoms. The third-order valence-electron chi connectivity index (χ3n) is 2.13. The van der Waals surface area contributed by atoms with Crippen molar-refractivity contribution in [3.63, 3.8) is 0 Å². The number of carbonyl (C=O) groups excluding carboxylic acids is 1. The van der Waals surface area contributed by atoms with Gasteiger partial charge in [0.2, 0.25) is 0 Å². The molecule has 0 unspecified atom stereocenters. The van der Waals surface area contributed by atoms with Crippen LogP contribution >= 0.6 is 0 Å². The summed E-state index contributed by atoms with van der Waals surface area (Å²) in [6.45, 7) is 8.77. The summed E-state index contributed by atoms with van der Waals surface area (Å²) >= 11 is 0. The molecule has 4 nitrogen and oxygen atoms in total. The third-order valence-corrected chi connectivity index (χ3v) is 2.13. The zero-order valence-electron chi connectivity index (χ0n) is 10.9. The minimum atomic E-state index is -0.204. The van der Waals surface area contributed by atoms with Gasteiger partial charge in [-0.1, -0.05) is 32.6 Å². The van der Waals surface area contributed by atoms with E-state index in [1.54, 1.807) is 12.1 Å². The maximum Gasteiger partial charge on any atom is 0.319 e. The highest BCUT2D eigenvalue weighted by Gasteiger charge is 2.03. The van der Waals surface area contributed by atoms with E-state index in [-0.39, 0.29) is 6.03 Å². The van der Waals surface area contributed by atoms with Gasteiger partial charge in [0.25, 0.3) is 0 Å².